The molecule has 0 aromatic heterocycles. The number of carbonyl (C=O) groups is 1. The predicted octanol–water partition coefficient (Wildman–Crippen LogP) is 2.57. The molecule has 0 bridgehead atoms. The summed E-state index contributed by atoms with van der Waals surface area (Å²) < 4.78 is 19.2. The van der Waals surface area contributed by atoms with E-state index in [9.17, 15) is 9.18 Å². The third-order valence-corrected chi connectivity index (χ3v) is 3.11. The maximum atomic E-state index is 14.2. The molecule has 1 aliphatic carbocycles. The Morgan fingerprint density at radius 1 is 1.50 bits per heavy atom. The number of benzene rings is 1. The zero-order chi connectivity index (χ0) is 11.8. The van der Waals surface area contributed by atoms with Crippen molar-refractivity contribution in [3.63, 3.8) is 0 Å². The predicted molar refractivity (Wildman–Crippen MR) is 56.1 cm³/mol. The van der Waals surface area contributed by atoms with Gasteiger partial charge in [0.05, 0.1) is 7.11 Å². The van der Waals surface area contributed by atoms with Gasteiger partial charge in [-0.25, -0.2) is 4.39 Å². The minimum atomic E-state index is -1.50. The lowest BCUT2D eigenvalue weighted by Crippen LogP contribution is -2.21. The first-order valence-electron chi connectivity index (χ1n) is 5.12. The van der Waals surface area contributed by atoms with Crippen LogP contribution in [0.25, 0.3) is 0 Å². The van der Waals surface area contributed by atoms with Crippen molar-refractivity contribution in [2.45, 2.75) is 19.0 Å². The topological polar surface area (TPSA) is 46.5 Å². The van der Waals surface area contributed by atoms with E-state index in [1.165, 1.54) is 7.11 Å². The van der Waals surface area contributed by atoms with Crippen LogP contribution in [0.2, 0.25) is 0 Å². The smallest absolute Gasteiger partial charge is 0.312 e. The van der Waals surface area contributed by atoms with Crippen LogP contribution < -0.4 is 4.74 Å². The van der Waals surface area contributed by atoms with Crippen LogP contribution in [-0.2, 0) is 4.79 Å². The Hall–Kier alpha value is -1.58. The molecule has 86 valence electrons. The number of hydrogen-bond donors (Lipinski definition) is 1. The first-order valence-corrected chi connectivity index (χ1v) is 5.12. The van der Waals surface area contributed by atoms with Crippen molar-refractivity contribution in [2.24, 2.45) is 5.41 Å². The van der Waals surface area contributed by atoms with Crippen molar-refractivity contribution in [1.29, 1.82) is 0 Å². The van der Waals surface area contributed by atoms with Gasteiger partial charge in [-0.3, -0.25) is 4.79 Å². The number of halogens is 1. The summed E-state index contributed by atoms with van der Waals surface area (Å²) in [5.74, 6) is -0.659. The third kappa shape index (κ3) is 1.54. The van der Waals surface area contributed by atoms with Gasteiger partial charge in [0.2, 0.25) is 0 Å². The van der Waals surface area contributed by atoms with Crippen molar-refractivity contribution in [3.8, 4) is 5.75 Å². The average molecular weight is 224 g/mol. The fourth-order valence-corrected chi connectivity index (χ4v) is 1.88. The van der Waals surface area contributed by atoms with Gasteiger partial charge in [0.25, 0.3) is 0 Å². The Kier molecular flexibility index (Phi) is 2.58. The highest BCUT2D eigenvalue weighted by atomic mass is 19.1. The van der Waals surface area contributed by atoms with Crippen molar-refractivity contribution in [1.82, 2.24) is 0 Å². The molecule has 0 radical (unpaired) electrons. The molecule has 1 unspecified atom stereocenters. The van der Waals surface area contributed by atoms with Crippen LogP contribution in [0.4, 0.5) is 4.39 Å². The lowest BCUT2D eigenvalue weighted by Gasteiger charge is -2.18. The van der Waals surface area contributed by atoms with Gasteiger partial charge in [0.15, 0.2) is 0 Å². The maximum Gasteiger partial charge on any atom is 0.312 e. The third-order valence-electron chi connectivity index (χ3n) is 3.11. The summed E-state index contributed by atoms with van der Waals surface area (Å²) >= 11 is 0. The standard InChI is InChI=1S/C12H13FO3/c1-16-9-5-3-2-4-8(9)10(13)12(6-7-12)11(14)15/h2-5,10H,6-7H2,1H3,(H,14,15). The second kappa shape index (κ2) is 3.77. The Balaban J connectivity index is 2.34. The van der Waals surface area contributed by atoms with E-state index in [1.54, 1.807) is 24.3 Å². The van der Waals surface area contributed by atoms with Crippen molar-refractivity contribution >= 4 is 5.97 Å². The molecule has 1 saturated carbocycles. The summed E-state index contributed by atoms with van der Waals surface area (Å²) in [5.41, 5.74) is -0.904. The highest BCUT2D eigenvalue weighted by molar-refractivity contribution is 5.79. The van der Waals surface area contributed by atoms with E-state index in [4.69, 9.17) is 9.84 Å². The molecule has 1 aromatic carbocycles. The molecule has 1 atom stereocenters. The van der Waals surface area contributed by atoms with Gasteiger partial charge < -0.3 is 9.84 Å². The molecule has 0 saturated heterocycles. The molecule has 0 heterocycles. The molecule has 16 heavy (non-hydrogen) atoms. The molecule has 1 N–H and O–H groups in total. The van der Waals surface area contributed by atoms with Gasteiger partial charge in [0, 0.05) is 5.56 Å². The molecule has 1 aliphatic rings. The number of carboxylic acids is 1. The molecule has 0 aliphatic heterocycles. The average Bonchev–Trinajstić information content (AvgIpc) is 3.09. The SMILES string of the molecule is COc1ccccc1C(F)C1(C(=O)O)CC1. The number of aliphatic carboxylic acids is 1. The van der Waals surface area contributed by atoms with Crippen LogP contribution in [0.15, 0.2) is 24.3 Å². The number of rotatable bonds is 4. The number of hydrogen-bond acceptors (Lipinski definition) is 2. The van der Waals surface area contributed by atoms with E-state index < -0.39 is 17.6 Å². The summed E-state index contributed by atoms with van der Waals surface area (Å²) in [6.07, 6.45) is -0.718. The zero-order valence-corrected chi connectivity index (χ0v) is 8.94. The maximum absolute atomic E-state index is 14.2. The van der Waals surface area contributed by atoms with Gasteiger partial charge >= 0.3 is 5.97 Å². The monoisotopic (exact) mass is 224 g/mol. The zero-order valence-electron chi connectivity index (χ0n) is 8.94. The van der Waals surface area contributed by atoms with E-state index in [-0.39, 0.29) is 0 Å². The molecule has 0 amide bonds. The molecule has 2 rings (SSSR count). The quantitative estimate of drug-likeness (QED) is 0.854. The lowest BCUT2D eigenvalue weighted by atomic mass is 9.93. The van der Waals surface area contributed by atoms with Crippen LogP contribution >= 0.6 is 0 Å². The highest BCUT2D eigenvalue weighted by Gasteiger charge is 2.58. The van der Waals surface area contributed by atoms with Crippen molar-refractivity contribution < 1.29 is 19.0 Å². The molecule has 1 fully saturated rings. The Morgan fingerprint density at radius 2 is 2.12 bits per heavy atom. The van der Waals surface area contributed by atoms with E-state index in [0.717, 1.165) is 0 Å². The minimum Gasteiger partial charge on any atom is -0.496 e. The van der Waals surface area contributed by atoms with Crippen LogP contribution in [0.5, 0.6) is 5.75 Å². The molecule has 0 spiro atoms. The summed E-state index contributed by atoms with van der Waals surface area (Å²) in [4.78, 5) is 11.0. The van der Waals surface area contributed by atoms with Crippen molar-refractivity contribution in [2.75, 3.05) is 7.11 Å². The van der Waals surface area contributed by atoms with E-state index in [2.05, 4.69) is 0 Å². The van der Waals surface area contributed by atoms with Crippen molar-refractivity contribution in [3.05, 3.63) is 29.8 Å². The summed E-state index contributed by atoms with van der Waals surface area (Å²) in [6, 6.07) is 6.63. The van der Waals surface area contributed by atoms with Crippen LogP contribution in [0, 0.1) is 5.41 Å². The molecule has 4 heteroatoms. The van der Waals surface area contributed by atoms with E-state index in [0.29, 0.717) is 24.2 Å². The number of methoxy groups -OCH3 is 1. The number of ether oxygens (including phenoxy) is 1. The van der Waals surface area contributed by atoms with Gasteiger partial charge in [-0.05, 0) is 18.9 Å². The molecule has 3 nitrogen and oxygen atoms in total. The van der Waals surface area contributed by atoms with Crippen LogP contribution in [-0.4, -0.2) is 18.2 Å². The fourth-order valence-electron chi connectivity index (χ4n) is 1.88. The van der Waals surface area contributed by atoms with Gasteiger partial charge in [0.1, 0.15) is 17.3 Å². The number of alkyl halides is 1. The van der Waals surface area contributed by atoms with Gasteiger partial charge in [-0.2, -0.15) is 0 Å². The van der Waals surface area contributed by atoms with Crippen LogP contribution in [0.3, 0.4) is 0 Å². The molecular weight excluding hydrogens is 211 g/mol. The molecular formula is C12H13FO3. The largest absolute Gasteiger partial charge is 0.496 e. The lowest BCUT2D eigenvalue weighted by molar-refractivity contribution is -0.146. The summed E-state index contributed by atoms with van der Waals surface area (Å²) in [6.45, 7) is 0. The summed E-state index contributed by atoms with van der Waals surface area (Å²) in [5, 5.41) is 9.02. The van der Waals surface area contributed by atoms with Crippen LogP contribution in [0.1, 0.15) is 24.6 Å². The summed E-state index contributed by atoms with van der Waals surface area (Å²) in [7, 11) is 1.45. The minimum absolute atomic E-state index is 0.324. The Bertz CT molecular complexity index is 412. The molecule has 1 aromatic rings. The normalized spacial score (nSPS) is 18.9. The Morgan fingerprint density at radius 3 is 2.62 bits per heavy atom. The van der Waals surface area contributed by atoms with Gasteiger partial charge in [-0.1, -0.05) is 18.2 Å². The van der Waals surface area contributed by atoms with E-state index >= 15 is 0 Å². The number of carboxylic acid groups (broad SMARTS) is 1. The highest BCUT2D eigenvalue weighted by Crippen LogP contribution is 2.58. The first-order chi connectivity index (χ1) is 7.62. The van der Waals surface area contributed by atoms with E-state index in [1.807, 2.05) is 0 Å². The second-order valence-electron chi connectivity index (χ2n) is 4.07. The first kappa shape index (κ1) is 10.9. The number of para-hydroxylation sites is 1. The second-order valence-corrected chi connectivity index (χ2v) is 4.07. The fraction of sp³-hybridized carbons (Fsp3) is 0.417. The Labute approximate surface area is 92.9 Å². The van der Waals surface area contributed by atoms with Gasteiger partial charge in [-0.15, -0.1) is 0 Å².